The van der Waals surface area contributed by atoms with Crippen molar-refractivity contribution in [2.45, 2.75) is 18.4 Å². The van der Waals surface area contributed by atoms with Gasteiger partial charge in [-0.1, -0.05) is 29.8 Å². The third-order valence-corrected chi connectivity index (χ3v) is 5.03. The Kier molecular flexibility index (Phi) is 7.72. The predicted molar refractivity (Wildman–Crippen MR) is 117 cm³/mol. The Bertz CT molecular complexity index is 1100. The summed E-state index contributed by atoms with van der Waals surface area (Å²) >= 11 is 5.84. The Morgan fingerprint density at radius 1 is 1.12 bits per heavy atom. The van der Waals surface area contributed by atoms with Gasteiger partial charge in [-0.2, -0.15) is 13.9 Å². The van der Waals surface area contributed by atoms with Crippen molar-refractivity contribution < 1.29 is 22.3 Å². The molecule has 0 aliphatic carbocycles. The lowest BCUT2D eigenvalue weighted by atomic mass is 9.89. The van der Waals surface area contributed by atoms with E-state index in [1.165, 1.54) is 6.07 Å². The summed E-state index contributed by atoms with van der Waals surface area (Å²) in [6, 6.07) is 11.7. The number of hydrazine groups is 1. The third-order valence-electron chi connectivity index (χ3n) is 4.78. The van der Waals surface area contributed by atoms with E-state index in [0.717, 1.165) is 41.3 Å². The molecule has 0 amide bonds. The van der Waals surface area contributed by atoms with Crippen LogP contribution in [0.1, 0.15) is 22.7 Å². The largest absolute Gasteiger partial charge is 0.487 e. The van der Waals surface area contributed by atoms with E-state index < -0.39 is 41.3 Å². The fourth-order valence-electron chi connectivity index (χ4n) is 3.12. The molecule has 6 nitrogen and oxygen atoms in total. The van der Waals surface area contributed by atoms with Gasteiger partial charge < -0.3 is 10.6 Å². The number of rotatable bonds is 9. The van der Waals surface area contributed by atoms with Crippen LogP contribution in [0.4, 0.5) is 17.6 Å². The van der Waals surface area contributed by atoms with Crippen LogP contribution in [0.5, 0.6) is 5.75 Å². The molecule has 3 rings (SSSR count). The molecule has 33 heavy (non-hydrogen) atoms. The van der Waals surface area contributed by atoms with Crippen molar-refractivity contribution >= 4 is 17.9 Å². The minimum Gasteiger partial charge on any atom is -0.487 e. The number of alkyl halides is 2. The van der Waals surface area contributed by atoms with Crippen LogP contribution in [0.25, 0.3) is 0 Å². The second kappa shape index (κ2) is 10.5. The number of benzene rings is 2. The Labute approximate surface area is 192 Å². The van der Waals surface area contributed by atoms with E-state index in [4.69, 9.17) is 28.0 Å². The number of nitrogens with zero attached hydrogens (tertiary/aromatic N) is 3. The van der Waals surface area contributed by atoms with Crippen molar-refractivity contribution in [3.63, 3.8) is 0 Å². The summed E-state index contributed by atoms with van der Waals surface area (Å²) in [5, 5.41) is 4.53. The highest BCUT2D eigenvalue weighted by atomic mass is 35.5. The molecular formula is C22H20ClF4N5O. The zero-order valence-electron chi connectivity index (χ0n) is 17.1. The number of hydrazone groups is 1. The topological polar surface area (TPSA) is 89.8 Å². The van der Waals surface area contributed by atoms with Crippen molar-refractivity contribution in [3.05, 3.63) is 94.3 Å². The highest BCUT2D eigenvalue weighted by Crippen LogP contribution is 2.42. The lowest BCUT2D eigenvalue weighted by molar-refractivity contribution is -0.0443. The number of pyridine rings is 1. The van der Waals surface area contributed by atoms with E-state index in [1.807, 2.05) is 0 Å². The summed E-state index contributed by atoms with van der Waals surface area (Å²) in [4.78, 5) is 3.81. The van der Waals surface area contributed by atoms with Crippen LogP contribution >= 0.6 is 11.6 Å². The van der Waals surface area contributed by atoms with Crippen molar-refractivity contribution in [1.29, 1.82) is 0 Å². The summed E-state index contributed by atoms with van der Waals surface area (Å²) < 4.78 is 64.2. The fraction of sp³-hybridized carbons (Fsp3) is 0.182. The lowest BCUT2D eigenvalue weighted by Crippen LogP contribution is -2.40. The molecule has 0 radical (unpaired) electrons. The van der Waals surface area contributed by atoms with Gasteiger partial charge in [0.05, 0.1) is 12.1 Å². The van der Waals surface area contributed by atoms with Gasteiger partial charge in [0.15, 0.2) is 0 Å². The first-order valence-corrected chi connectivity index (χ1v) is 9.99. The Morgan fingerprint density at radius 3 is 2.45 bits per heavy atom. The first kappa shape index (κ1) is 24.3. The maximum atomic E-state index is 15.5. The van der Waals surface area contributed by atoms with Gasteiger partial charge in [-0.15, -0.1) is 0 Å². The Morgan fingerprint density at radius 2 is 1.85 bits per heavy atom. The third kappa shape index (κ3) is 6.11. The summed E-state index contributed by atoms with van der Waals surface area (Å²) in [6.07, 6.45) is 2.05. The standard InChI is InChI=1S/C22H20ClF4N5O/c23-15-3-1-14(2-4-15)12-33-17-6-8-21(30-10-17)22(26,27)19(11-32(29)13-31-28)18-7-5-16(24)9-20(18)25/h1-10,13,19H,11-12,28-29H2/b31-13-. The second-order valence-electron chi connectivity index (χ2n) is 7.10. The van der Waals surface area contributed by atoms with Crippen molar-refractivity contribution in [1.82, 2.24) is 9.99 Å². The summed E-state index contributed by atoms with van der Waals surface area (Å²) in [7, 11) is 0. The molecule has 2 aromatic carbocycles. The first-order valence-electron chi connectivity index (χ1n) is 9.62. The molecule has 3 aromatic rings. The Hall–Kier alpha value is -3.37. The van der Waals surface area contributed by atoms with E-state index in [2.05, 4.69) is 10.1 Å². The quantitative estimate of drug-likeness (QED) is 0.154. The molecule has 1 atom stereocenters. The van der Waals surface area contributed by atoms with Gasteiger partial charge in [-0.25, -0.2) is 14.6 Å². The van der Waals surface area contributed by atoms with Gasteiger partial charge in [0.25, 0.3) is 5.92 Å². The molecule has 174 valence electrons. The van der Waals surface area contributed by atoms with Crippen molar-refractivity contribution in [3.8, 4) is 5.75 Å². The summed E-state index contributed by atoms with van der Waals surface area (Å²) in [5.41, 5.74) is -0.259. The minimum atomic E-state index is -3.69. The van der Waals surface area contributed by atoms with Crippen molar-refractivity contribution in [2.75, 3.05) is 6.54 Å². The summed E-state index contributed by atoms with van der Waals surface area (Å²) in [5.74, 6) is 3.35. The number of aromatic nitrogens is 1. The SMILES string of the molecule is N/N=C\N(N)CC(c1ccc(F)cc1F)C(F)(F)c1ccc(OCc2ccc(Cl)cc2)cn1. The van der Waals surface area contributed by atoms with Crippen LogP contribution in [-0.2, 0) is 12.5 Å². The maximum Gasteiger partial charge on any atom is 0.298 e. The lowest BCUT2D eigenvalue weighted by Gasteiger charge is -2.29. The van der Waals surface area contributed by atoms with Crippen LogP contribution in [-0.4, -0.2) is 22.9 Å². The molecule has 0 bridgehead atoms. The monoisotopic (exact) mass is 481 g/mol. The van der Waals surface area contributed by atoms with Gasteiger partial charge in [0.1, 0.15) is 36.0 Å². The highest BCUT2D eigenvalue weighted by molar-refractivity contribution is 6.30. The molecule has 0 saturated heterocycles. The van der Waals surface area contributed by atoms with Crippen molar-refractivity contribution in [2.24, 2.45) is 16.8 Å². The molecule has 1 heterocycles. The van der Waals surface area contributed by atoms with Crippen LogP contribution < -0.4 is 16.4 Å². The maximum absolute atomic E-state index is 15.5. The van der Waals surface area contributed by atoms with Gasteiger partial charge in [0.2, 0.25) is 0 Å². The average molecular weight is 482 g/mol. The molecule has 0 saturated carbocycles. The number of halogens is 5. The van der Waals surface area contributed by atoms with Crippen LogP contribution in [0.2, 0.25) is 5.02 Å². The van der Waals surface area contributed by atoms with Crippen LogP contribution in [0.15, 0.2) is 65.9 Å². The number of hydrogen-bond acceptors (Lipinski definition) is 5. The molecule has 0 spiro atoms. The van der Waals surface area contributed by atoms with E-state index >= 15 is 8.78 Å². The van der Waals surface area contributed by atoms with Gasteiger partial charge in [0, 0.05) is 17.6 Å². The predicted octanol–water partition coefficient (Wildman–Crippen LogP) is 4.55. The van der Waals surface area contributed by atoms with Gasteiger partial charge in [-0.3, -0.25) is 9.99 Å². The van der Waals surface area contributed by atoms with Gasteiger partial charge >= 0.3 is 0 Å². The Balaban J connectivity index is 1.84. The van der Waals surface area contributed by atoms with E-state index in [1.54, 1.807) is 24.3 Å². The molecule has 0 fully saturated rings. The van der Waals surface area contributed by atoms with E-state index in [0.29, 0.717) is 11.1 Å². The number of nitrogens with two attached hydrogens (primary N) is 2. The fourth-order valence-corrected chi connectivity index (χ4v) is 3.25. The number of hydrogen-bond donors (Lipinski definition) is 2. The van der Waals surface area contributed by atoms with Crippen LogP contribution in [0, 0.1) is 11.6 Å². The molecular weight excluding hydrogens is 462 g/mol. The molecule has 4 N–H and O–H groups in total. The zero-order chi connectivity index (χ0) is 24.0. The summed E-state index contributed by atoms with van der Waals surface area (Å²) in [6.45, 7) is -0.398. The molecule has 1 aromatic heterocycles. The van der Waals surface area contributed by atoms with Gasteiger partial charge in [-0.05, 0) is 41.5 Å². The number of ether oxygens (including phenoxy) is 1. The first-order chi connectivity index (χ1) is 15.7. The smallest absolute Gasteiger partial charge is 0.298 e. The zero-order valence-corrected chi connectivity index (χ0v) is 17.9. The average Bonchev–Trinajstić information content (AvgIpc) is 2.78. The highest BCUT2D eigenvalue weighted by Gasteiger charge is 2.45. The minimum absolute atomic E-state index is 0.179. The normalized spacial score (nSPS) is 12.7. The van der Waals surface area contributed by atoms with Crippen LogP contribution in [0.3, 0.4) is 0 Å². The van der Waals surface area contributed by atoms with E-state index in [-0.39, 0.29) is 12.4 Å². The molecule has 1 unspecified atom stereocenters. The second-order valence-corrected chi connectivity index (χ2v) is 7.53. The molecule has 11 heteroatoms. The molecule has 0 aliphatic heterocycles. The van der Waals surface area contributed by atoms with E-state index in [9.17, 15) is 8.78 Å². The molecule has 0 aliphatic rings.